The van der Waals surface area contributed by atoms with Crippen LogP contribution in [0.5, 0.6) is 0 Å². The van der Waals surface area contributed by atoms with Crippen LogP contribution >= 0.6 is 11.8 Å². The van der Waals surface area contributed by atoms with Crippen molar-refractivity contribution in [2.24, 2.45) is 0 Å². The highest BCUT2D eigenvalue weighted by Crippen LogP contribution is 2.24. The third kappa shape index (κ3) is 2.82. The fraction of sp³-hybridized carbons (Fsp3) is 0.188. The molecule has 96 valence electrons. The van der Waals surface area contributed by atoms with Crippen molar-refractivity contribution in [3.05, 3.63) is 65.7 Å². The maximum absolute atomic E-state index is 11.7. The minimum Gasteiger partial charge on any atom is -0.302 e. The maximum Gasteiger partial charge on any atom is 0.237 e. The Morgan fingerprint density at radius 1 is 0.947 bits per heavy atom. The lowest BCUT2D eigenvalue weighted by Gasteiger charge is -2.15. The lowest BCUT2D eigenvalue weighted by molar-refractivity contribution is -0.115. The Labute approximate surface area is 117 Å². The van der Waals surface area contributed by atoms with Gasteiger partial charge in [-0.2, -0.15) is 0 Å². The molecule has 2 aromatic carbocycles. The minimum atomic E-state index is 0.209. The van der Waals surface area contributed by atoms with Gasteiger partial charge < -0.3 is 4.90 Å². The van der Waals surface area contributed by atoms with Gasteiger partial charge in [0, 0.05) is 5.69 Å². The smallest absolute Gasteiger partial charge is 0.237 e. The van der Waals surface area contributed by atoms with Gasteiger partial charge in [0.1, 0.15) is 0 Å². The van der Waals surface area contributed by atoms with Crippen LogP contribution in [-0.4, -0.2) is 17.5 Å². The number of nitrogens with zero attached hydrogens (tertiary/aromatic N) is 1. The molecule has 1 fully saturated rings. The highest BCUT2D eigenvalue weighted by atomic mass is 32.2. The van der Waals surface area contributed by atoms with Crippen molar-refractivity contribution in [2.45, 2.75) is 6.42 Å². The zero-order valence-electron chi connectivity index (χ0n) is 10.6. The molecule has 3 heteroatoms. The van der Waals surface area contributed by atoms with Crippen LogP contribution in [-0.2, 0) is 11.2 Å². The first kappa shape index (κ1) is 12.3. The van der Waals surface area contributed by atoms with E-state index in [2.05, 4.69) is 36.4 Å². The second kappa shape index (κ2) is 5.49. The first-order valence-corrected chi connectivity index (χ1v) is 7.49. The Kier molecular flexibility index (Phi) is 3.56. The van der Waals surface area contributed by atoms with Gasteiger partial charge in [0.15, 0.2) is 0 Å². The summed E-state index contributed by atoms with van der Waals surface area (Å²) >= 11 is 1.67. The van der Waals surface area contributed by atoms with E-state index in [1.165, 1.54) is 11.1 Å². The van der Waals surface area contributed by atoms with Crippen LogP contribution in [0.3, 0.4) is 0 Å². The third-order valence-electron chi connectivity index (χ3n) is 3.25. The zero-order valence-corrected chi connectivity index (χ0v) is 11.4. The molecule has 2 nitrogen and oxygen atoms in total. The van der Waals surface area contributed by atoms with Crippen LogP contribution in [0.2, 0.25) is 0 Å². The molecule has 1 heterocycles. The molecule has 2 aromatic rings. The van der Waals surface area contributed by atoms with Gasteiger partial charge in [-0.15, -0.1) is 11.8 Å². The Balaban J connectivity index is 1.74. The van der Waals surface area contributed by atoms with Gasteiger partial charge >= 0.3 is 0 Å². The topological polar surface area (TPSA) is 20.3 Å². The molecule has 19 heavy (non-hydrogen) atoms. The largest absolute Gasteiger partial charge is 0.302 e. The summed E-state index contributed by atoms with van der Waals surface area (Å²) in [7, 11) is 0. The van der Waals surface area contributed by atoms with Crippen molar-refractivity contribution < 1.29 is 4.79 Å². The molecule has 0 N–H and O–H groups in total. The Hall–Kier alpha value is -1.74. The molecule has 0 radical (unpaired) electrons. The van der Waals surface area contributed by atoms with Crippen molar-refractivity contribution in [3.8, 4) is 0 Å². The maximum atomic E-state index is 11.7. The van der Waals surface area contributed by atoms with Gasteiger partial charge in [-0.3, -0.25) is 4.79 Å². The molecule has 1 aliphatic rings. The van der Waals surface area contributed by atoms with Crippen molar-refractivity contribution in [1.29, 1.82) is 0 Å². The standard InChI is InChI=1S/C16H15NOS/c18-16-11-19-12-17(16)15-8-6-14(7-9-15)10-13-4-2-1-3-5-13/h1-9H,10-12H2. The lowest BCUT2D eigenvalue weighted by atomic mass is 10.0. The molecule has 0 saturated carbocycles. The minimum absolute atomic E-state index is 0.209. The van der Waals surface area contributed by atoms with E-state index in [9.17, 15) is 4.79 Å². The molecule has 3 rings (SSSR count). The Morgan fingerprint density at radius 3 is 2.26 bits per heavy atom. The monoisotopic (exact) mass is 269 g/mol. The Bertz CT molecular complexity index is 565. The van der Waals surface area contributed by atoms with E-state index >= 15 is 0 Å². The quantitative estimate of drug-likeness (QED) is 0.852. The van der Waals surface area contributed by atoms with Gasteiger partial charge in [-0.25, -0.2) is 0 Å². The van der Waals surface area contributed by atoms with Crippen molar-refractivity contribution in [1.82, 2.24) is 0 Å². The molecule has 1 aliphatic heterocycles. The number of rotatable bonds is 3. The van der Waals surface area contributed by atoms with E-state index < -0.39 is 0 Å². The summed E-state index contributed by atoms with van der Waals surface area (Å²) in [6, 6.07) is 18.7. The average Bonchev–Trinajstić information content (AvgIpc) is 2.87. The van der Waals surface area contributed by atoms with Crippen LogP contribution in [0.25, 0.3) is 0 Å². The van der Waals surface area contributed by atoms with Gasteiger partial charge in [0.05, 0.1) is 11.6 Å². The second-order valence-corrected chi connectivity index (χ2v) is 5.58. The van der Waals surface area contributed by atoms with E-state index in [0.717, 1.165) is 18.0 Å². The number of anilines is 1. The summed E-state index contributed by atoms with van der Waals surface area (Å²) in [6.45, 7) is 0. The first-order valence-electron chi connectivity index (χ1n) is 6.34. The number of amides is 1. The van der Waals surface area contributed by atoms with E-state index in [1.807, 2.05) is 23.1 Å². The fourth-order valence-corrected chi connectivity index (χ4v) is 3.12. The van der Waals surface area contributed by atoms with E-state index in [1.54, 1.807) is 11.8 Å². The van der Waals surface area contributed by atoms with Gasteiger partial charge in [0.2, 0.25) is 5.91 Å². The van der Waals surface area contributed by atoms with Crippen molar-refractivity contribution in [3.63, 3.8) is 0 Å². The normalized spacial score (nSPS) is 14.9. The van der Waals surface area contributed by atoms with Gasteiger partial charge in [0.25, 0.3) is 0 Å². The number of hydrogen-bond acceptors (Lipinski definition) is 2. The summed E-state index contributed by atoms with van der Waals surface area (Å²) in [5.41, 5.74) is 3.59. The van der Waals surface area contributed by atoms with Crippen LogP contribution in [0.4, 0.5) is 5.69 Å². The number of benzene rings is 2. The third-order valence-corrected chi connectivity index (χ3v) is 4.14. The van der Waals surface area contributed by atoms with Crippen LogP contribution in [0.1, 0.15) is 11.1 Å². The predicted molar refractivity (Wildman–Crippen MR) is 80.5 cm³/mol. The van der Waals surface area contributed by atoms with Crippen molar-refractivity contribution >= 4 is 23.4 Å². The van der Waals surface area contributed by atoms with E-state index in [0.29, 0.717) is 5.75 Å². The zero-order chi connectivity index (χ0) is 13.1. The predicted octanol–water partition coefficient (Wildman–Crippen LogP) is 3.31. The lowest BCUT2D eigenvalue weighted by Crippen LogP contribution is -2.24. The Morgan fingerprint density at radius 2 is 1.63 bits per heavy atom. The SMILES string of the molecule is O=C1CSCN1c1ccc(Cc2ccccc2)cc1. The average molecular weight is 269 g/mol. The van der Waals surface area contributed by atoms with Crippen LogP contribution in [0.15, 0.2) is 54.6 Å². The molecule has 1 saturated heterocycles. The highest BCUT2D eigenvalue weighted by molar-refractivity contribution is 8.00. The van der Waals surface area contributed by atoms with Gasteiger partial charge in [-0.05, 0) is 29.7 Å². The van der Waals surface area contributed by atoms with Crippen LogP contribution < -0.4 is 4.90 Å². The molecule has 0 atom stereocenters. The molecule has 0 unspecified atom stereocenters. The van der Waals surface area contributed by atoms with E-state index in [4.69, 9.17) is 0 Å². The molecule has 1 amide bonds. The van der Waals surface area contributed by atoms with Gasteiger partial charge in [-0.1, -0.05) is 42.5 Å². The summed E-state index contributed by atoms with van der Waals surface area (Å²) in [5.74, 6) is 1.59. The summed E-state index contributed by atoms with van der Waals surface area (Å²) in [4.78, 5) is 13.5. The number of carbonyl (C=O) groups excluding carboxylic acids is 1. The summed E-state index contributed by atoms with van der Waals surface area (Å²) in [6.07, 6.45) is 0.934. The second-order valence-electron chi connectivity index (χ2n) is 4.63. The molecular formula is C16H15NOS. The molecule has 0 bridgehead atoms. The number of hydrogen-bond donors (Lipinski definition) is 0. The molecular weight excluding hydrogens is 254 g/mol. The van der Waals surface area contributed by atoms with Crippen LogP contribution in [0, 0.1) is 0 Å². The number of thioether (sulfide) groups is 1. The fourth-order valence-electron chi connectivity index (χ4n) is 2.22. The summed E-state index contributed by atoms with van der Waals surface area (Å²) in [5, 5.41) is 0. The molecule has 0 spiro atoms. The van der Waals surface area contributed by atoms with Crippen molar-refractivity contribution in [2.75, 3.05) is 16.5 Å². The summed E-state index contributed by atoms with van der Waals surface area (Å²) < 4.78 is 0. The highest BCUT2D eigenvalue weighted by Gasteiger charge is 2.21. The number of carbonyl (C=O) groups is 1. The molecule has 0 aliphatic carbocycles. The van der Waals surface area contributed by atoms with E-state index in [-0.39, 0.29) is 5.91 Å². The first-order chi connectivity index (χ1) is 9.33. The molecule has 0 aromatic heterocycles.